The first-order valence-electron chi connectivity index (χ1n) is 5.16. The Kier molecular flexibility index (Phi) is 4.45. The van der Waals surface area contributed by atoms with E-state index in [0.29, 0.717) is 6.54 Å². The van der Waals surface area contributed by atoms with Crippen LogP contribution in [0, 0.1) is 0 Å². The van der Waals surface area contributed by atoms with Gasteiger partial charge in [0.1, 0.15) is 0 Å². The van der Waals surface area contributed by atoms with Crippen LogP contribution in [0.15, 0.2) is 0 Å². The van der Waals surface area contributed by atoms with Crippen LogP contribution in [0.25, 0.3) is 0 Å². The predicted octanol–water partition coefficient (Wildman–Crippen LogP) is 1.24. The van der Waals surface area contributed by atoms with Gasteiger partial charge in [0.15, 0.2) is 0 Å². The van der Waals surface area contributed by atoms with Crippen LogP contribution in [0.3, 0.4) is 0 Å². The van der Waals surface area contributed by atoms with Gasteiger partial charge in [0.25, 0.3) is 0 Å². The van der Waals surface area contributed by atoms with Gasteiger partial charge in [-0.15, -0.1) is 0 Å². The number of amides is 2. The largest absolute Gasteiger partial charge is 0.779 e. The molecule has 1 aliphatic heterocycles. The predicted molar refractivity (Wildman–Crippen MR) is 56.6 cm³/mol. The molecule has 0 bridgehead atoms. The number of carbonyl (C=O) groups excluding carboxylic acids is 2. The van der Waals surface area contributed by atoms with Crippen LogP contribution in [-0.2, 0) is 22.2 Å². The van der Waals surface area contributed by atoms with Gasteiger partial charge in [-0.05, 0) is 6.42 Å². The summed E-state index contributed by atoms with van der Waals surface area (Å²) in [5.74, 6) is -0.256. The number of nitrogens with zero attached hydrogens (tertiary/aromatic N) is 1. The Bertz CT molecular complexity index is 230. The molecule has 0 aliphatic carbocycles. The number of imide groups is 1. The van der Waals surface area contributed by atoms with Crippen LogP contribution < -0.4 is 0 Å². The molecule has 1 rings (SSSR count). The van der Waals surface area contributed by atoms with Crippen molar-refractivity contribution in [3.63, 3.8) is 0 Å². The Morgan fingerprint density at radius 2 is 2.07 bits per heavy atom. The van der Waals surface area contributed by atoms with Crippen molar-refractivity contribution < 1.29 is 9.59 Å². The van der Waals surface area contributed by atoms with Gasteiger partial charge >= 0.3 is 0 Å². The summed E-state index contributed by atoms with van der Waals surface area (Å²) in [6.07, 6.45) is 4.53. The van der Waals surface area contributed by atoms with Gasteiger partial charge in [0.2, 0.25) is 11.8 Å². The summed E-state index contributed by atoms with van der Waals surface area (Å²) in [6, 6.07) is 0. The van der Waals surface area contributed by atoms with Crippen molar-refractivity contribution in [1.29, 1.82) is 0 Å². The smallest absolute Gasteiger partial charge is 0.227 e. The zero-order chi connectivity index (χ0) is 10.6. The molecule has 0 N–H and O–H groups in total. The van der Waals surface area contributed by atoms with E-state index >= 15 is 0 Å². The zero-order valence-electron chi connectivity index (χ0n) is 8.49. The van der Waals surface area contributed by atoms with Crippen molar-refractivity contribution in [3.8, 4) is 0 Å². The summed E-state index contributed by atoms with van der Waals surface area (Å²) in [7, 11) is 0. The van der Waals surface area contributed by atoms with Crippen molar-refractivity contribution in [2.75, 3.05) is 6.54 Å². The topological polar surface area (TPSA) is 37.4 Å². The van der Waals surface area contributed by atoms with Crippen LogP contribution in [0.1, 0.15) is 39.0 Å². The fourth-order valence-corrected chi connectivity index (χ4v) is 1.85. The molecule has 0 saturated carbocycles. The van der Waals surface area contributed by atoms with E-state index in [-0.39, 0.29) is 18.2 Å². The summed E-state index contributed by atoms with van der Waals surface area (Å²) >= 11 is 4.87. The number of carbonyl (C=O) groups is 2. The summed E-state index contributed by atoms with van der Waals surface area (Å²) < 4.78 is 0. The molecule has 1 fully saturated rings. The van der Waals surface area contributed by atoms with Crippen molar-refractivity contribution >= 4 is 24.4 Å². The highest BCUT2D eigenvalue weighted by Crippen LogP contribution is 2.14. The Labute approximate surface area is 90.3 Å². The summed E-state index contributed by atoms with van der Waals surface area (Å²) in [6.45, 7) is 2.69. The van der Waals surface area contributed by atoms with E-state index in [4.69, 9.17) is 12.6 Å². The minimum Gasteiger partial charge on any atom is -0.779 e. The van der Waals surface area contributed by atoms with Crippen LogP contribution in [0.5, 0.6) is 0 Å². The average Bonchev–Trinajstić information content (AvgIpc) is 2.38. The third-order valence-electron chi connectivity index (χ3n) is 2.44. The third kappa shape index (κ3) is 2.74. The Morgan fingerprint density at radius 1 is 1.36 bits per heavy atom. The molecule has 2 amide bonds. The maximum atomic E-state index is 11.4. The van der Waals surface area contributed by atoms with E-state index in [1.807, 2.05) is 0 Å². The average molecular weight is 214 g/mol. The van der Waals surface area contributed by atoms with Crippen molar-refractivity contribution in [3.05, 3.63) is 0 Å². The highest BCUT2D eigenvalue weighted by Gasteiger charge is 2.30. The molecule has 1 unspecified atom stereocenters. The summed E-state index contributed by atoms with van der Waals surface area (Å²) in [5.41, 5.74) is 0. The Morgan fingerprint density at radius 3 is 2.57 bits per heavy atom. The van der Waals surface area contributed by atoms with Gasteiger partial charge < -0.3 is 12.6 Å². The molecule has 1 aliphatic rings. The van der Waals surface area contributed by atoms with E-state index in [1.165, 1.54) is 4.90 Å². The van der Waals surface area contributed by atoms with E-state index in [1.54, 1.807) is 0 Å². The van der Waals surface area contributed by atoms with Crippen molar-refractivity contribution in [2.45, 2.75) is 44.3 Å². The van der Waals surface area contributed by atoms with Gasteiger partial charge in [-0.3, -0.25) is 14.5 Å². The lowest BCUT2D eigenvalue weighted by Crippen LogP contribution is -2.32. The van der Waals surface area contributed by atoms with E-state index in [2.05, 4.69) is 6.92 Å². The van der Waals surface area contributed by atoms with Crippen LogP contribution in [-0.4, -0.2) is 28.5 Å². The highest BCUT2D eigenvalue weighted by atomic mass is 32.1. The number of likely N-dealkylation sites (tertiary alicyclic amines) is 1. The molecular weight excluding hydrogens is 198 g/mol. The van der Waals surface area contributed by atoms with Gasteiger partial charge in [0.05, 0.1) is 0 Å². The van der Waals surface area contributed by atoms with E-state index in [9.17, 15) is 9.59 Å². The lowest BCUT2D eigenvalue weighted by atomic mass is 10.2. The van der Waals surface area contributed by atoms with Gasteiger partial charge in [-0.25, -0.2) is 0 Å². The van der Waals surface area contributed by atoms with Crippen molar-refractivity contribution in [2.24, 2.45) is 0 Å². The molecule has 80 valence electrons. The van der Waals surface area contributed by atoms with Crippen LogP contribution >= 0.6 is 0 Å². The van der Waals surface area contributed by atoms with Crippen molar-refractivity contribution in [1.82, 2.24) is 4.90 Å². The molecule has 0 aromatic heterocycles. The molecule has 4 heteroatoms. The lowest BCUT2D eigenvalue weighted by molar-refractivity contribution is -0.138. The molecule has 14 heavy (non-hydrogen) atoms. The number of hydrogen-bond acceptors (Lipinski definition) is 3. The third-order valence-corrected chi connectivity index (χ3v) is 2.81. The molecule has 1 saturated heterocycles. The van der Waals surface area contributed by atoms with Crippen LogP contribution in [0.2, 0.25) is 0 Å². The maximum Gasteiger partial charge on any atom is 0.227 e. The first-order valence-corrected chi connectivity index (χ1v) is 5.64. The monoisotopic (exact) mass is 214 g/mol. The fraction of sp³-hybridized carbons (Fsp3) is 0.800. The number of rotatable bonds is 5. The van der Waals surface area contributed by atoms with E-state index in [0.717, 1.165) is 25.7 Å². The minimum absolute atomic E-state index is 0.0912. The zero-order valence-corrected chi connectivity index (χ0v) is 9.31. The second kappa shape index (κ2) is 5.39. The SMILES string of the molecule is CCCCCCN1C(=O)CC([S-])C1=O. The lowest BCUT2D eigenvalue weighted by Gasteiger charge is -2.16. The molecule has 0 spiro atoms. The highest BCUT2D eigenvalue weighted by molar-refractivity contribution is 7.60. The quantitative estimate of drug-likeness (QED) is 0.392. The van der Waals surface area contributed by atoms with Gasteiger partial charge in [0, 0.05) is 13.0 Å². The number of hydrogen-bond donors (Lipinski definition) is 0. The molecule has 3 nitrogen and oxygen atoms in total. The maximum absolute atomic E-state index is 11.4. The summed E-state index contributed by atoms with van der Waals surface area (Å²) in [4.78, 5) is 24.0. The Hall–Kier alpha value is -0.510. The Balaban J connectivity index is 2.30. The molecular formula is C10H16NO2S-. The minimum atomic E-state index is -0.506. The molecule has 0 aromatic rings. The second-order valence-electron chi connectivity index (χ2n) is 3.64. The van der Waals surface area contributed by atoms with E-state index < -0.39 is 5.25 Å². The summed E-state index contributed by atoms with van der Waals surface area (Å²) in [5, 5.41) is -0.506. The first-order chi connectivity index (χ1) is 6.66. The molecule has 1 heterocycles. The number of unbranched alkanes of at least 4 members (excludes halogenated alkanes) is 3. The first kappa shape index (κ1) is 11.6. The standard InChI is InChI=1S/C10H17NO2S/c1-2-3-4-5-6-11-9(12)7-8(14)10(11)13/h8,14H,2-7H2,1H3/p-1. The normalized spacial score (nSPS) is 22.1. The molecule has 1 atom stereocenters. The molecule has 0 aromatic carbocycles. The fourth-order valence-electron chi connectivity index (χ4n) is 1.58. The molecule has 0 radical (unpaired) electrons. The van der Waals surface area contributed by atoms with Gasteiger partial charge in [-0.2, -0.15) is 0 Å². The van der Waals surface area contributed by atoms with Crippen LogP contribution in [0.4, 0.5) is 0 Å². The second-order valence-corrected chi connectivity index (χ2v) is 4.21. The van der Waals surface area contributed by atoms with Gasteiger partial charge in [-0.1, -0.05) is 31.4 Å².